The maximum Gasteiger partial charge on any atom is 0.219 e. The molecule has 0 aromatic carbocycles. The summed E-state index contributed by atoms with van der Waals surface area (Å²) in [5.41, 5.74) is 3.88. The van der Waals surface area contributed by atoms with E-state index in [-0.39, 0.29) is 5.91 Å². The molecule has 0 aliphatic carbocycles. The van der Waals surface area contributed by atoms with Crippen molar-refractivity contribution >= 4 is 5.91 Å². The van der Waals surface area contributed by atoms with Crippen molar-refractivity contribution in [1.82, 2.24) is 25.1 Å². The standard InChI is InChI=1S/C16H21N5O/c1-11-14(9-19-20-11)16-15(17-5-6-18-16)8-13-4-3-7-21(10-13)12(2)22/h5-6,9,13H,3-4,7-8,10H2,1-2H3,(H,19,20). The molecule has 3 heterocycles. The quantitative estimate of drug-likeness (QED) is 0.940. The number of amides is 1. The van der Waals surface area contributed by atoms with E-state index in [0.717, 1.165) is 55.0 Å². The van der Waals surface area contributed by atoms with Gasteiger partial charge in [0.1, 0.15) is 0 Å². The summed E-state index contributed by atoms with van der Waals surface area (Å²) in [4.78, 5) is 22.5. The van der Waals surface area contributed by atoms with E-state index in [1.807, 2.05) is 11.8 Å². The average molecular weight is 299 g/mol. The maximum absolute atomic E-state index is 11.6. The largest absolute Gasteiger partial charge is 0.343 e. The molecule has 1 fully saturated rings. The zero-order chi connectivity index (χ0) is 15.5. The molecule has 1 unspecified atom stereocenters. The molecule has 1 amide bonds. The molecule has 0 spiro atoms. The van der Waals surface area contributed by atoms with Crippen LogP contribution < -0.4 is 0 Å². The second-order valence-electron chi connectivity index (χ2n) is 5.94. The Bertz CT molecular complexity index is 666. The van der Waals surface area contributed by atoms with E-state index < -0.39 is 0 Å². The molecule has 22 heavy (non-hydrogen) atoms. The Hall–Kier alpha value is -2.24. The van der Waals surface area contributed by atoms with Crippen LogP contribution in [0.4, 0.5) is 0 Å². The van der Waals surface area contributed by atoms with Crippen molar-refractivity contribution in [3.05, 3.63) is 30.0 Å². The summed E-state index contributed by atoms with van der Waals surface area (Å²) in [5, 5.41) is 7.02. The molecule has 6 heteroatoms. The third kappa shape index (κ3) is 3.00. The number of hydrogen-bond acceptors (Lipinski definition) is 4. The lowest BCUT2D eigenvalue weighted by molar-refractivity contribution is -0.130. The Kier molecular flexibility index (Phi) is 4.18. The van der Waals surface area contributed by atoms with E-state index in [1.165, 1.54) is 0 Å². The highest BCUT2D eigenvalue weighted by molar-refractivity contribution is 5.73. The maximum atomic E-state index is 11.6. The second-order valence-corrected chi connectivity index (χ2v) is 5.94. The van der Waals surface area contributed by atoms with Crippen LogP contribution in [0.5, 0.6) is 0 Å². The predicted octanol–water partition coefficient (Wildman–Crippen LogP) is 1.98. The Morgan fingerprint density at radius 2 is 2.23 bits per heavy atom. The minimum absolute atomic E-state index is 0.162. The third-order valence-electron chi connectivity index (χ3n) is 4.31. The van der Waals surface area contributed by atoms with Gasteiger partial charge >= 0.3 is 0 Å². The first-order chi connectivity index (χ1) is 10.6. The number of aromatic amines is 1. The van der Waals surface area contributed by atoms with Crippen molar-refractivity contribution in [3.63, 3.8) is 0 Å². The Morgan fingerprint density at radius 3 is 2.95 bits per heavy atom. The van der Waals surface area contributed by atoms with Crippen LogP contribution in [0.1, 0.15) is 31.2 Å². The minimum Gasteiger partial charge on any atom is -0.343 e. The molecule has 6 nitrogen and oxygen atoms in total. The zero-order valence-corrected chi connectivity index (χ0v) is 13.0. The summed E-state index contributed by atoms with van der Waals surface area (Å²) < 4.78 is 0. The van der Waals surface area contributed by atoms with E-state index in [0.29, 0.717) is 5.92 Å². The molecule has 0 bridgehead atoms. The molecule has 116 valence electrons. The summed E-state index contributed by atoms with van der Waals surface area (Å²) in [7, 11) is 0. The van der Waals surface area contributed by atoms with E-state index >= 15 is 0 Å². The van der Waals surface area contributed by atoms with Gasteiger partial charge in [-0.25, -0.2) is 0 Å². The monoisotopic (exact) mass is 299 g/mol. The molecule has 1 aliphatic heterocycles. The van der Waals surface area contributed by atoms with Crippen molar-refractivity contribution in [2.45, 2.75) is 33.1 Å². The summed E-state index contributed by atoms with van der Waals surface area (Å²) in [6, 6.07) is 0. The van der Waals surface area contributed by atoms with Gasteiger partial charge in [0.25, 0.3) is 0 Å². The lowest BCUT2D eigenvalue weighted by atomic mass is 9.92. The number of carbonyl (C=O) groups excluding carboxylic acids is 1. The van der Waals surface area contributed by atoms with Crippen LogP contribution in [0.25, 0.3) is 11.3 Å². The van der Waals surface area contributed by atoms with E-state index in [2.05, 4.69) is 20.2 Å². The van der Waals surface area contributed by atoms with Crippen LogP contribution >= 0.6 is 0 Å². The van der Waals surface area contributed by atoms with E-state index in [1.54, 1.807) is 25.5 Å². The molecule has 2 aromatic heterocycles. The topological polar surface area (TPSA) is 74.8 Å². The highest BCUT2D eigenvalue weighted by atomic mass is 16.2. The molecular formula is C16H21N5O. The molecule has 2 aromatic rings. The Balaban J connectivity index is 1.81. The first-order valence-corrected chi connectivity index (χ1v) is 7.71. The Morgan fingerprint density at radius 1 is 1.41 bits per heavy atom. The molecule has 3 rings (SSSR count). The number of H-pyrrole nitrogens is 1. The van der Waals surface area contributed by atoms with Crippen LogP contribution in [-0.4, -0.2) is 44.1 Å². The number of rotatable bonds is 3. The van der Waals surface area contributed by atoms with Crippen LogP contribution in [-0.2, 0) is 11.2 Å². The van der Waals surface area contributed by atoms with Gasteiger partial charge in [0, 0.05) is 43.7 Å². The number of nitrogens with one attached hydrogen (secondary N) is 1. The molecule has 1 N–H and O–H groups in total. The molecule has 1 atom stereocenters. The van der Waals surface area contributed by atoms with Crippen molar-refractivity contribution in [1.29, 1.82) is 0 Å². The first kappa shape index (κ1) is 14.7. The summed E-state index contributed by atoms with van der Waals surface area (Å²) in [5.74, 6) is 0.607. The van der Waals surface area contributed by atoms with Gasteiger partial charge in [-0.2, -0.15) is 5.10 Å². The lowest BCUT2D eigenvalue weighted by Crippen LogP contribution is -2.39. The third-order valence-corrected chi connectivity index (χ3v) is 4.31. The number of aryl methyl sites for hydroxylation is 1. The number of carbonyl (C=O) groups is 1. The fourth-order valence-corrected chi connectivity index (χ4v) is 3.12. The van der Waals surface area contributed by atoms with Crippen LogP contribution in [0.3, 0.4) is 0 Å². The number of piperidine rings is 1. The molecule has 1 aliphatic rings. The molecule has 0 radical (unpaired) electrons. The first-order valence-electron chi connectivity index (χ1n) is 7.71. The number of aromatic nitrogens is 4. The second kappa shape index (κ2) is 6.25. The van der Waals surface area contributed by atoms with Gasteiger partial charge in [0.2, 0.25) is 5.91 Å². The van der Waals surface area contributed by atoms with Gasteiger partial charge in [-0.05, 0) is 32.1 Å². The van der Waals surface area contributed by atoms with Gasteiger partial charge in [-0.15, -0.1) is 0 Å². The summed E-state index contributed by atoms with van der Waals surface area (Å²) in [6.07, 6.45) is 8.28. The SMILES string of the molecule is CC(=O)N1CCCC(Cc2nccnc2-c2cn[nH]c2C)C1. The van der Waals surface area contributed by atoms with Crippen LogP contribution in [0.2, 0.25) is 0 Å². The normalized spacial score (nSPS) is 18.5. The highest BCUT2D eigenvalue weighted by Gasteiger charge is 2.23. The van der Waals surface area contributed by atoms with Crippen molar-refractivity contribution in [2.75, 3.05) is 13.1 Å². The molecule has 0 saturated carbocycles. The smallest absolute Gasteiger partial charge is 0.219 e. The van der Waals surface area contributed by atoms with Crippen molar-refractivity contribution < 1.29 is 4.79 Å². The van der Waals surface area contributed by atoms with Crippen LogP contribution in [0, 0.1) is 12.8 Å². The minimum atomic E-state index is 0.162. The lowest BCUT2D eigenvalue weighted by Gasteiger charge is -2.32. The van der Waals surface area contributed by atoms with Crippen LogP contribution in [0.15, 0.2) is 18.6 Å². The zero-order valence-electron chi connectivity index (χ0n) is 13.0. The van der Waals surface area contributed by atoms with Gasteiger partial charge in [-0.3, -0.25) is 19.9 Å². The van der Waals surface area contributed by atoms with Gasteiger partial charge in [-0.1, -0.05) is 0 Å². The van der Waals surface area contributed by atoms with E-state index in [4.69, 9.17) is 0 Å². The highest BCUT2D eigenvalue weighted by Crippen LogP contribution is 2.26. The fourth-order valence-electron chi connectivity index (χ4n) is 3.12. The molecule has 1 saturated heterocycles. The van der Waals surface area contributed by atoms with Crippen molar-refractivity contribution in [3.8, 4) is 11.3 Å². The van der Waals surface area contributed by atoms with Crippen molar-refractivity contribution in [2.24, 2.45) is 5.92 Å². The predicted molar refractivity (Wildman–Crippen MR) is 83.0 cm³/mol. The average Bonchev–Trinajstić information content (AvgIpc) is 2.94. The summed E-state index contributed by atoms with van der Waals surface area (Å²) in [6.45, 7) is 5.32. The van der Waals surface area contributed by atoms with Gasteiger partial charge in [0.15, 0.2) is 0 Å². The number of nitrogens with zero attached hydrogens (tertiary/aromatic N) is 4. The summed E-state index contributed by atoms with van der Waals surface area (Å²) >= 11 is 0. The Labute approximate surface area is 130 Å². The number of likely N-dealkylation sites (tertiary alicyclic amines) is 1. The number of hydrogen-bond donors (Lipinski definition) is 1. The van der Waals surface area contributed by atoms with Gasteiger partial charge < -0.3 is 4.90 Å². The molecular weight excluding hydrogens is 278 g/mol. The fraction of sp³-hybridized carbons (Fsp3) is 0.500. The van der Waals surface area contributed by atoms with E-state index in [9.17, 15) is 4.79 Å². The van der Waals surface area contributed by atoms with Gasteiger partial charge in [0.05, 0.1) is 17.6 Å².